The molecule has 3 fully saturated rings. The minimum atomic E-state index is -0.159. The number of hydrogen-bond donors (Lipinski definition) is 1. The number of nitrogens with zero attached hydrogens (tertiary/aromatic N) is 2. The zero-order valence-corrected chi connectivity index (χ0v) is 18.8. The van der Waals surface area contributed by atoms with Crippen LogP contribution in [-0.2, 0) is 16.1 Å². The van der Waals surface area contributed by atoms with Gasteiger partial charge < -0.3 is 15.0 Å². The zero-order chi connectivity index (χ0) is 21.5. The van der Waals surface area contributed by atoms with Crippen molar-refractivity contribution < 1.29 is 13.9 Å². The van der Waals surface area contributed by atoms with E-state index in [1.807, 2.05) is 12.1 Å². The maximum Gasteiger partial charge on any atom is 0.222 e. The average Bonchev–Trinajstić information content (AvgIpc) is 2.99. The number of ether oxygens (including phenoxy) is 1. The largest absolute Gasteiger partial charge is 0.379 e. The molecule has 3 aliphatic rings. The van der Waals surface area contributed by atoms with Gasteiger partial charge in [-0.15, -0.1) is 0 Å². The van der Waals surface area contributed by atoms with Crippen molar-refractivity contribution in [2.75, 3.05) is 39.4 Å². The Bertz CT molecular complexity index is 714. The Kier molecular flexibility index (Phi) is 7.96. The lowest BCUT2D eigenvalue weighted by Crippen LogP contribution is -2.59. The molecular formula is C25H38FN3O2. The first-order chi connectivity index (χ1) is 15.2. The summed E-state index contributed by atoms with van der Waals surface area (Å²) in [7, 11) is 0. The number of hydrogen-bond acceptors (Lipinski definition) is 4. The molecule has 1 saturated carbocycles. The SMILES string of the molecule is O=C1CC[C@@H](CCNCc2ccccc2F)N1CC1(N2CCOCC2)CCCCCC1. The van der Waals surface area contributed by atoms with Crippen LogP contribution < -0.4 is 5.32 Å². The molecule has 0 spiro atoms. The van der Waals surface area contributed by atoms with Gasteiger partial charge in [-0.25, -0.2) is 4.39 Å². The monoisotopic (exact) mass is 431 g/mol. The topological polar surface area (TPSA) is 44.8 Å². The van der Waals surface area contributed by atoms with Gasteiger partial charge in [0.25, 0.3) is 0 Å². The molecule has 2 heterocycles. The van der Waals surface area contributed by atoms with Gasteiger partial charge in [0.05, 0.1) is 13.2 Å². The van der Waals surface area contributed by atoms with Crippen LogP contribution in [0.4, 0.5) is 4.39 Å². The lowest BCUT2D eigenvalue weighted by molar-refractivity contribution is -0.132. The summed E-state index contributed by atoms with van der Waals surface area (Å²) in [5, 5.41) is 3.39. The second-order valence-corrected chi connectivity index (χ2v) is 9.51. The lowest BCUT2D eigenvalue weighted by Gasteiger charge is -2.48. The van der Waals surface area contributed by atoms with Crippen LogP contribution >= 0.6 is 0 Å². The third-order valence-corrected chi connectivity index (χ3v) is 7.56. The fourth-order valence-electron chi connectivity index (χ4n) is 5.76. The molecule has 1 aromatic carbocycles. The number of carbonyl (C=O) groups is 1. The molecule has 2 saturated heterocycles. The fraction of sp³-hybridized carbons (Fsp3) is 0.720. The number of halogens is 1. The summed E-state index contributed by atoms with van der Waals surface area (Å²) in [5.41, 5.74) is 0.811. The van der Waals surface area contributed by atoms with Gasteiger partial charge in [-0.2, -0.15) is 0 Å². The number of benzene rings is 1. The van der Waals surface area contributed by atoms with Crippen molar-refractivity contribution in [2.24, 2.45) is 0 Å². The van der Waals surface area contributed by atoms with Crippen LogP contribution in [0.5, 0.6) is 0 Å². The maximum atomic E-state index is 13.8. The molecule has 1 aromatic rings. The van der Waals surface area contributed by atoms with Crippen LogP contribution in [0.2, 0.25) is 0 Å². The first-order valence-electron chi connectivity index (χ1n) is 12.2. The van der Waals surface area contributed by atoms with Crippen LogP contribution in [0.1, 0.15) is 63.4 Å². The summed E-state index contributed by atoms with van der Waals surface area (Å²) in [6.45, 7) is 5.77. The number of carbonyl (C=O) groups excluding carboxylic acids is 1. The van der Waals surface area contributed by atoms with E-state index in [1.54, 1.807) is 6.07 Å². The van der Waals surface area contributed by atoms with E-state index in [-0.39, 0.29) is 11.4 Å². The van der Waals surface area contributed by atoms with Crippen molar-refractivity contribution >= 4 is 5.91 Å². The van der Waals surface area contributed by atoms with Crippen LogP contribution in [0, 0.1) is 5.82 Å². The molecule has 0 bridgehead atoms. The van der Waals surface area contributed by atoms with E-state index >= 15 is 0 Å². The fourth-order valence-corrected chi connectivity index (χ4v) is 5.76. The molecule has 4 rings (SSSR count). The molecule has 1 N–H and O–H groups in total. The second-order valence-electron chi connectivity index (χ2n) is 9.51. The van der Waals surface area contributed by atoms with E-state index in [9.17, 15) is 9.18 Å². The highest BCUT2D eigenvalue weighted by molar-refractivity contribution is 5.78. The summed E-state index contributed by atoms with van der Waals surface area (Å²) >= 11 is 0. The number of likely N-dealkylation sites (tertiary alicyclic amines) is 1. The predicted octanol–water partition coefficient (Wildman–Crippen LogP) is 3.72. The third-order valence-electron chi connectivity index (χ3n) is 7.56. The minimum absolute atomic E-state index is 0.110. The Hall–Kier alpha value is -1.50. The number of amides is 1. The quantitative estimate of drug-likeness (QED) is 0.503. The molecule has 172 valence electrons. The molecule has 6 heteroatoms. The standard InChI is InChI=1S/C25H38FN3O2/c26-23-8-4-3-7-21(23)19-27-14-11-22-9-10-24(30)29(22)20-25(12-5-1-2-6-13-25)28-15-17-31-18-16-28/h3-4,7-8,22,27H,1-2,5-6,9-20H2/t22-/m0/s1. The molecule has 1 atom stereocenters. The highest BCUT2D eigenvalue weighted by Gasteiger charge is 2.43. The van der Waals surface area contributed by atoms with Gasteiger partial charge in [0.2, 0.25) is 5.91 Å². The van der Waals surface area contributed by atoms with Crippen molar-refractivity contribution in [3.8, 4) is 0 Å². The smallest absolute Gasteiger partial charge is 0.222 e. The van der Waals surface area contributed by atoms with Gasteiger partial charge in [-0.1, -0.05) is 43.9 Å². The van der Waals surface area contributed by atoms with Crippen molar-refractivity contribution in [1.82, 2.24) is 15.1 Å². The number of rotatable bonds is 8. The summed E-state index contributed by atoms with van der Waals surface area (Å²) in [6, 6.07) is 7.22. The molecule has 5 nitrogen and oxygen atoms in total. The molecule has 2 aliphatic heterocycles. The van der Waals surface area contributed by atoms with Gasteiger partial charge >= 0.3 is 0 Å². The average molecular weight is 432 g/mol. The normalized spacial score (nSPS) is 25.0. The Balaban J connectivity index is 1.37. The van der Waals surface area contributed by atoms with Crippen molar-refractivity contribution in [1.29, 1.82) is 0 Å². The van der Waals surface area contributed by atoms with Crippen molar-refractivity contribution in [3.05, 3.63) is 35.6 Å². The van der Waals surface area contributed by atoms with Crippen molar-refractivity contribution in [2.45, 2.75) is 75.9 Å². The molecule has 0 aromatic heterocycles. The molecule has 1 amide bonds. The van der Waals surface area contributed by atoms with Crippen LogP contribution in [0.25, 0.3) is 0 Å². The van der Waals surface area contributed by atoms with E-state index in [4.69, 9.17) is 4.74 Å². The Morgan fingerprint density at radius 3 is 2.58 bits per heavy atom. The Morgan fingerprint density at radius 2 is 1.84 bits per heavy atom. The van der Waals surface area contributed by atoms with E-state index in [1.165, 1.54) is 44.6 Å². The molecule has 31 heavy (non-hydrogen) atoms. The first kappa shape index (κ1) is 22.7. The Labute approximate surface area is 186 Å². The van der Waals surface area contributed by atoms with E-state index in [2.05, 4.69) is 15.1 Å². The summed E-state index contributed by atoms with van der Waals surface area (Å²) in [4.78, 5) is 17.7. The second kappa shape index (κ2) is 10.9. The molecule has 0 unspecified atom stereocenters. The van der Waals surface area contributed by atoms with Gasteiger partial charge in [-0.3, -0.25) is 9.69 Å². The highest BCUT2D eigenvalue weighted by atomic mass is 19.1. The predicted molar refractivity (Wildman–Crippen MR) is 120 cm³/mol. The highest BCUT2D eigenvalue weighted by Crippen LogP contribution is 2.36. The van der Waals surface area contributed by atoms with E-state index < -0.39 is 0 Å². The number of nitrogens with one attached hydrogen (secondary N) is 1. The minimum Gasteiger partial charge on any atom is -0.379 e. The molecule has 1 aliphatic carbocycles. The lowest BCUT2D eigenvalue weighted by atomic mass is 9.86. The van der Waals surface area contributed by atoms with E-state index in [0.29, 0.717) is 30.5 Å². The summed E-state index contributed by atoms with van der Waals surface area (Å²) < 4.78 is 19.5. The third kappa shape index (κ3) is 5.65. The van der Waals surface area contributed by atoms with Crippen LogP contribution in [-0.4, -0.2) is 66.7 Å². The van der Waals surface area contributed by atoms with Gasteiger partial charge in [0.1, 0.15) is 5.82 Å². The zero-order valence-electron chi connectivity index (χ0n) is 18.8. The summed E-state index contributed by atoms with van der Waals surface area (Å²) in [5.74, 6) is 0.157. The van der Waals surface area contributed by atoms with Crippen LogP contribution in [0.15, 0.2) is 24.3 Å². The van der Waals surface area contributed by atoms with Gasteiger partial charge in [0.15, 0.2) is 0 Å². The van der Waals surface area contributed by atoms with Crippen LogP contribution in [0.3, 0.4) is 0 Å². The first-order valence-corrected chi connectivity index (χ1v) is 12.2. The van der Waals surface area contributed by atoms with Crippen molar-refractivity contribution in [3.63, 3.8) is 0 Å². The maximum absolute atomic E-state index is 13.8. The molecule has 0 radical (unpaired) electrons. The van der Waals surface area contributed by atoms with Gasteiger partial charge in [-0.05, 0) is 38.3 Å². The summed E-state index contributed by atoms with van der Waals surface area (Å²) in [6.07, 6.45) is 10.1. The van der Waals surface area contributed by atoms with E-state index in [0.717, 1.165) is 52.2 Å². The van der Waals surface area contributed by atoms with Gasteiger partial charge in [0, 0.05) is 49.7 Å². The Morgan fingerprint density at radius 1 is 1.10 bits per heavy atom. The molecular weight excluding hydrogens is 393 g/mol. The number of morpholine rings is 1.